The van der Waals surface area contributed by atoms with Gasteiger partial charge < -0.3 is 45.0 Å². The summed E-state index contributed by atoms with van der Waals surface area (Å²) in [5, 5.41) is 11.5. The van der Waals surface area contributed by atoms with Crippen molar-refractivity contribution in [1.82, 2.24) is 4.90 Å². The van der Waals surface area contributed by atoms with Crippen molar-refractivity contribution < 1.29 is 32.4 Å². The Labute approximate surface area is 173 Å². The SMILES string of the molecule is NC(=O)c1cc(C(F)(F)F)cc([N+](=O)[O-])c1C1COC2(CCN(C(=S)[S-])CC2)O1. The van der Waals surface area contributed by atoms with Gasteiger partial charge >= 0.3 is 6.18 Å². The molecule has 1 unspecified atom stereocenters. The van der Waals surface area contributed by atoms with Gasteiger partial charge in [-0.1, -0.05) is 4.32 Å². The van der Waals surface area contributed by atoms with Crippen LogP contribution in [0.25, 0.3) is 0 Å². The highest BCUT2D eigenvalue weighted by atomic mass is 32.1. The molecule has 0 saturated carbocycles. The van der Waals surface area contributed by atoms with E-state index in [-0.39, 0.29) is 12.2 Å². The van der Waals surface area contributed by atoms with Gasteiger partial charge in [-0.15, -0.1) is 0 Å². The molecule has 2 heterocycles. The number of hydrogen-bond acceptors (Lipinski definition) is 7. The third-order valence-corrected chi connectivity index (χ3v) is 5.42. The average Bonchev–Trinajstić information content (AvgIpc) is 3.03. The summed E-state index contributed by atoms with van der Waals surface area (Å²) in [6, 6.07) is 0.867. The fourth-order valence-electron chi connectivity index (χ4n) is 3.48. The van der Waals surface area contributed by atoms with Gasteiger partial charge in [0.15, 0.2) is 5.79 Å². The topological polar surface area (TPSA) is 108 Å². The van der Waals surface area contributed by atoms with Crippen molar-refractivity contribution in [1.29, 1.82) is 0 Å². The normalized spacial score (nSPS) is 21.3. The quantitative estimate of drug-likeness (QED) is 0.324. The van der Waals surface area contributed by atoms with Crippen LogP contribution in [0.4, 0.5) is 18.9 Å². The summed E-state index contributed by atoms with van der Waals surface area (Å²) in [5.41, 5.74) is 2.03. The molecule has 13 heteroatoms. The Hall–Kier alpha value is -2.09. The van der Waals surface area contributed by atoms with Crippen molar-refractivity contribution in [3.63, 3.8) is 0 Å². The smallest absolute Gasteiger partial charge is 0.411 e. The summed E-state index contributed by atoms with van der Waals surface area (Å²) in [6.45, 7) is 0.699. The third kappa shape index (κ3) is 4.27. The molecule has 3 rings (SSSR count). The van der Waals surface area contributed by atoms with E-state index in [4.69, 9.17) is 40.1 Å². The number of nitrogens with two attached hydrogens (primary N) is 1. The number of nitro benzene ring substituents is 1. The van der Waals surface area contributed by atoms with Crippen LogP contribution in [0.5, 0.6) is 0 Å². The number of hydrogen-bond donors (Lipinski definition) is 1. The monoisotopic (exact) mass is 450 g/mol. The minimum absolute atomic E-state index is 0.176. The molecule has 0 radical (unpaired) electrons. The van der Waals surface area contributed by atoms with Gasteiger partial charge in [-0.3, -0.25) is 14.9 Å². The van der Waals surface area contributed by atoms with Crippen LogP contribution in [0, 0.1) is 10.1 Å². The van der Waals surface area contributed by atoms with E-state index in [1.165, 1.54) is 0 Å². The second-order valence-electron chi connectivity index (χ2n) is 6.66. The van der Waals surface area contributed by atoms with Crippen LogP contribution in [0.3, 0.4) is 0 Å². The van der Waals surface area contributed by atoms with E-state index in [9.17, 15) is 28.1 Å². The van der Waals surface area contributed by atoms with Gasteiger partial charge in [-0.2, -0.15) is 13.2 Å². The fourth-order valence-corrected chi connectivity index (χ4v) is 3.85. The lowest BCUT2D eigenvalue weighted by atomic mass is 9.96. The lowest BCUT2D eigenvalue weighted by Crippen LogP contribution is -2.46. The molecule has 2 aliphatic rings. The van der Waals surface area contributed by atoms with Gasteiger partial charge in [0.25, 0.3) is 5.69 Å². The van der Waals surface area contributed by atoms with Crippen LogP contribution in [0.1, 0.15) is 40.4 Å². The van der Waals surface area contributed by atoms with Crippen molar-refractivity contribution in [2.75, 3.05) is 19.7 Å². The number of carbonyl (C=O) groups is 1. The number of likely N-dealkylation sites (tertiary alicyclic amines) is 1. The van der Waals surface area contributed by atoms with Gasteiger partial charge in [0, 0.05) is 32.0 Å². The molecular weight excluding hydrogens is 435 g/mol. The van der Waals surface area contributed by atoms with Crippen molar-refractivity contribution in [3.8, 4) is 0 Å². The standard InChI is InChI=1S/C16H16F3N3O5S2/c17-16(18,19)8-5-9(13(20)23)12(10(6-8)22(24)25)11-7-26-15(27-11)1-3-21(4-2-15)14(28)29/h5-6,11H,1-4,7H2,(H2,20,23)(H,28,29)/p-1. The van der Waals surface area contributed by atoms with Crippen LogP contribution < -0.4 is 5.73 Å². The summed E-state index contributed by atoms with van der Waals surface area (Å²) in [6.07, 6.45) is -5.32. The second-order valence-corrected chi connectivity index (χ2v) is 7.69. The number of ether oxygens (including phenoxy) is 2. The largest absolute Gasteiger partial charge is 0.416 e. The number of alkyl halides is 3. The number of thiocarbonyl (C=S) groups is 1. The minimum Gasteiger partial charge on any atom is -0.411 e. The minimum atomic E-state index is -4.89. The van der Waals surface area contributed by atoms with Crippen LogP contribution >= 0.6 is 12.2 Å². The summed E-state index contributed by atoms with van der Waals surface area (Å²) in [7, 11) is 0. The van der Waals surface area contributed by atoms with E-state index in [0.717, 1.165) is 0 Å². The molecule has 2 fully saturated rings. The molecule has 2 aliphatic heterocycles. The highest BCUT2D eigenvalue weighted by molar-refractivity contribution is 8.00. The number of piperidine rings is 1. The van der Waals surface area contributed by atoms with Crippen LogP contribution in [0.2, 0.25) is 0 Å². The highest BCUT2D eigenvalue weighted by Gasteiger charge is 2.47. The maximum absolute atomic E-state index is 13.1. The lowest BCUT2D eigenvalue weighted by Gasteiger charge is -2.40. The zero-order valence-electron chi connectivity index (χ0n) is 14.7. The van der Waals surface area contributed by atoms with Gasteiger partial charge in [0.05, 0.1) is 28.2 Å². The number of nitro groups is 1. The first-order valence-electron chi connectivity index (χ1n) is 8.40. The summed E-state index contributed by atoms with van der Waals surface area (Å²) in [4.78, 5) is 24.1. The predicted octanol–water partition coefficient (Wildman–Crippen LogP) is 2.42. The van der Waals surface area contributed by atoms with Crippen molar-refractivity contribution >= 4 is 40.8 Å². The number of benzene rings is 1. The molecule has 1 aromatic carbocycles. The van der Waals surface area contributed by atoms with E-state index in [0.29, 0.717) is 42.4 Å². The molecule has 1 atom stereocenters. The molecule has 0 aliphatic carbocycles. The van der Waals surface area contributed by atoms with Gasteiger partial charge in [-0.05, 0) is 6.07 Å². The molecule has 2 N–H and O–H groups in total. The van der Waals surface area contributed by atoms with E-state index in [1.54, 1.807) is 4.90 Å². The summed E-state index contributed by atoms with van der Waals surface area (Å²) < 4.78 is 51.3. The second kappa shape index (κ2) is 7.63. The maximum atomic E-state index is 13.1. The molecule has 1 aromatic rings. The molecule has 0 bridgehead atoms. The Morgan fingerprint density at radius 2 is 2.00 bits per heavy atom. The molecule has 0 aromatic heterocycles. The first kappa shape index (κ1) is 21.6. The van der Waals surface area contributed by atoms with Gasteiger partial charge in [0.2, 0.25) is 5.91 Å². The Morgan fingerprint density at radius 3 is 2.48 bits per heavy atom. The number of nitrogens with zero attached hydrogens (tertiary/aromatic N) is 2. The number of amides is 1. The number of rotatable bonds is 3. The maximum Gasteiger partial charge on any atom is 0.416 e. The molecule has 158 valence electrons. The Bertz CT molecular complexity index is 837. The summed E-state index contributed by atoms with van der Waals surface area (Å²) in [5.74, 6) is -2.32. The zero-order valence-corrected chi connectivity index (χ0v) is 16.4. The summed E-state index contributed by atoms with van der Waals surface area (Å²) >= 11 is 9.91. The van der Waals surface area contributed by atoms with E-state index < -0.39 is 45.7 Å². The molecule has 1 amide bonds. The third-order valence-electron chi connectivity index (χ3n) is 4.91. The fraction of sp³-hybridized carbons (Fsp3) is 0.500. The first-order chi connectivity index (χ1) is 13.4. The molecule has 2 saturated heterocycles. The molecule has 29 heavy (non-hydrogen) atoms. The molecule has 1 spiro atoms. The Kier molecular flexibility index (Phi) is 5.69. The van der Waals surface area contributed by atoms with Crippen molar-refractivity contribution in [2.45, 2.75) is 30.9 Å². The lowest BCUT2D eigenvalue weighted by molar-refractivity contribution is -0.386. The molecular formula is C16H15F3N3O5S2-. The Balaban J connectivity index is 1.97. The first-order valence-corrected chi connectivity index (χ1v) is 9.22. The number of halogens is 3. The van der Waals surface area contributed by atoms with Crippen molar-refractivity contribution in [2.24, 2.45) is 5.73 Å². The number of primary amides is 1. The molecule has 8 nitrogen and oxygen atoms in total. The van der Waals surface area contributed by atoms with E-state index >= 15 is 0 Å². The van der Waals surface area contributed by atoms with E-state index in [1.807, 2.05) is 0 Å². The van der Waals surface area contributed by atoms with Crippen LogP contribution in [-0.2, 0) is 28.3 Å². The van der Waals surface area contributed by atoms with Gasteiger partial charge in [0.1, 0.15) is 6.10 Å². The Morgan fingerprint density at radius 1 is 1.38 bits per heavy atom. The van der Waals surface area contributed by atoms with Crippen molar-refractivity contribution in [3.05, 3.63) is 38.9 Å². The number of carbonyl (C=O) groups excluding carboxylic acids is 1. The predicted molar refractivity (Wildman–Crippen MR) is 99.9 cm³/mol. The van der Waals surface area contributed by atoms with Crippen LogP contribution in [-0.4, -0.2) is 45.5 Å². The van der Waals surface area contributed by atoms with E-state index in [2.05, 4.69) is 0 Å². The average molecular weight is 450 g/mol. The van der Waals surface area contributed by atoms with Crippen LogP contribution in [0.15, 0.2) is 12.1 Å². The van der Waals surface area contributed by atoms with Gasteiger partial charge in [-0.25, -0.2) is 0 Å². The zero-order chi connectivity index (χ0) is 21.6. The highest BCUT2D eigenvalue weighted by Crippen LogP contribution is 2.45.